The van der Waals surface area contributed by atoms with E-state index in [2.05, 4.69) is 60.9 Å². The SMILES string of the molecule is CCNC(=NCC(CC)(CC)CCO)NCC1CCCN(C)C1c1cccs1.I. The fraction of sp³-hybridized carbons (Fsp3) is 0.773. The molecular formula is C22H41IN4OS. The summed E-state index contributed by atoms with van der Waals surface area (Å²) in [5.41, 5.74) is 0.0989. The van der Waals surface area contributed by atoms with E-state index in [1.807, 2.05) is 11.3 Å². The van der Waals surface area contributed by atoms with E-state index >= 15 is 0 Å². The second-order valence-electron chi connectivity index (χ2n) is 8.10. The Morgan fingerprint density at radius 1 is 1.31 bits per heavy atom. The third-order valence-electron chi connectivity index (χ3n) is 6.43. The topological polar surface area (TPSA) is 59.9 Å². The van der Waals surface area contributed by atoms with E-state index in [0.29, 0.717) is 12.0 Å². The van der Waals surface area contributed by atoms with Crippen LogP contribution in [0, 0.1) is 11.3 Å². The molecule has 168 valence electrons. The Kier molecular flexibility index (Phi) is 12.7. The molecule has 0 spiro atoms. The number of nitrogens with zero attached hydrogens (tertiary/aromatic N) is 2. The molecule has 1 fully saturated rings. The van der Waals surface area contributed by atoms with Crippen LogP contribution < -0.4 is 10.6 Å². The van der Waals surface area contributed by atoms with E-state index in [-0.39, 0.29) is 36.0 Å². The lowest BCUT2D eigenvalue weighted by Gasteiger charge is -2.39. The van der Waals surface area contributed by atoms with Crippen LogP contribution >= 0.6 is 35.3 Å². The number of hydrogen-bond donors (Lipinski definition) is 3. The summed E-state index contributed by atoms with van der Waals surface area (Å²) in [6.45, 7) is 10.5. The van der Waals surface area contributed by atoms with Crippen molar-refractivity contribution < 1.29 is 5.11 Å². The highest BCUT2D eigenvalue weighted by Gasteiger charge is 2.31. The molecule has 2 unspecified atom stereocenters. The van der Waals surface area contributed by atoms with Crippen molar-refractivity contribution in [3.63, 3.8) is 0 Å². The first-order chi connectivity index (χ1) is 13.6. The zero-order valence-electron chi connectivity index (χ0n) is 18.6. The number of nitrogens with one attached hydrogen (secondary N) is 2. The Morgan fingerprint density at radius 3 is 2.66 bits per heavy atom. The van der Waals surface area contributed by atoms with Crippen LogP contribution in [-0.2, 0) is 0 Å². The number of halogens is 1. The summed E-state index contributed by atoms with van der Waals surface area (Å²) in [7, 11) is 2.25. The van der Waals surface area contributed by atoms with Crippen LogP contribution in [0.25, 0.3) is 0 Å². The van der Waals surface area contributed by atoms with E-state index in [0.717, 1.165) is 44.9 Å². The van der Waals surface area contributed by atoms with E-state index in [1.165, 1.54) is 24.3 Å². The maximum atomic E-state index is 9.47. The minimum absolute atomic E-state index is 0. The highest BCUT2D eigenvalue weighted by atomic mass is 127. The van der Waals surface area contributed by atoms with Gasteiger partial charge in [0, 0.05) is 37.2 Å². The Bertz CT molecular complexity index is 577. The van der Waals surface area contributed by atoms with Gasteiger partial charge in [-0.25, -0.2) is 0 Å². The van der Waals surface area contributed by atoms with Crippen LogP contribution in [0.1, 0.15) is 63.8 Å². The number of aliphatic hydroxyl groups is 1. The van der Waals surface area contributed by atoms with E-state index < -0.39 is 0 Å². The van der Waals surface area contributed by atoms with Crippen molar-refractivity contribution in [2.45, 2.75) is 58.9 Å². The van der Waals surface area contributed by atoms with Gasteiger partial charge in [-0.05, 0) is 75.4 Å². The van der Waals surface area contributed by atoms with Crippen LogP contribution in [0.3, 0.4) is 0 Å². The summed E-state index contributed by atoms with van der Waals surface area (Å²) in [6.07, 6.45) is 5.40. The number of likely N-dealkylation sites (tertiary alicyclic amines) is 1. The average molecular weight is 537 g/mol. The second-order valence-corrected chi connectivity index (χ2v) is 9.08. The molecule has 0 aliphatic carbocycles. The van der Waals surface area contributed by atoms with Gasteiger partial charge in [-0.3, -0.25) is 9.89 Å². The first kappa shape index (κ1) is 26.7. The first-order valence-corrected chi connectivity index (χ1v) is 11.8. The van der Waals surface area contributed by atoms with E-state index in [9.17, 15) is 5.11 Å². The smallest absolute Gasteiger partial charge is 0.191 e. The van der Waals surface area contributed by atoms with Gasteiger partial charge in [-0.1, -0.05) is 19.9 Å². The third-order valence-corrected chi connectivity index (χ3v) is 7.38. The van der Waals surface area contributed by atoms with Gasteiger partial charge >= 0.3 is 0 Å². The summed E-state index contributed by atoms with van der Waals surface area (Å²) in [4.78, 5) is 8.88. The Hall–Kier alpha value is -0.380. The van der Waals surface area contributed by atoms with Crippen molar-refractivity contribution in [3.8, 4) is 0 Å². The fourth-order valence-corrected chi connectivity index (χ4v) is 5.33. The number of piperidine rings is 1. The molecule has 3 N–H and O–H groups in total. The molecule has 1 saturated heterocycles. The number of hydrogen-bond acceptors (Lipinski definition) is 4. The zero-order chi connectivity index (χ0) is 20.4. The summed E-state index contributed by atoms with van der Waals surface area (Å²) in [6, 6.07) is 4.92. The van der Waals surface area contributed by atoms with Gasteiger partial charge in [-0.15, -0.1) is 35.3 Å². The molecule has 0 aromatic carbocycles. The molecule has 2 heterocycles. The van der Waals surface area contributed by atoms with Crippen molar-refractivity contribution in [1.82, 2.24) is 15.5 Å². The van der Waals surface area contributed by atoms with Crippen LogP contribution in [0.4, 0.5) is 0 Å². The lowest BCUT2D eigenvalue weighted by atomic mass is 9.79. The first-order valence-electron chi connectivity index (χ1n) is 11.0. The maximum Gasteiger partial charge on any atom is 0.191 e. The standard InChI is InChI=1S/C22H40N4OS.HI/c1-5-22(6-2,12-14-27)17-25-21(23-7-3)24-16-18-10-8-13-26(4)20(18)19-11-9-15-28-19;/h9,11,15,18,20,27H,5-8,10,12-14,16-17H2,1-4H3,(H2,23,24,25);1H. The summed E-state index contributed by atoms with van der Waals surface area (Å²) >= 11 is 1.87. The lowest BCUT2D eigenvalue weighted by molar-refractivity contribution is 0.125. The minimum Gasteiger partial charge on any atom is -0.396 e. The fourth-order valence-electron chi connectivity index (χ4n) is 4.34. The average Bonchev–Trinajstić information content (AvgIpc) is 3.23. The van der Waals surface area contributed by atoms with Gasteiger partial charge in [0.1, 0.15) is 0 Å². The predicted molar refractivity (Wildman–Crippen MR) is 137 cm³/mol. The summed E-state index contributed by atoms with van der Waals surface area (Å²) < 4.78 is 0. The second kappa shape index (κ2) is 13.8. The maximum absolute atomic E-state index is 9.47. The van der Waals surface area contributed by atoms with Crippen LogP contribution in [-0.4, -0.2) is 55.8 Å². The van der Waals surface area contributed by atoms with Crippen molar-refractivity contribution >= 4 is 41.3 Å². The number of aliphatic hydroxyl groups excluding tert-OH is 1. The Balaban J connectivity index is 0.00000420. The van der Waals surface area contributed by atoms with Crippen LogP contribution in [0.5, 0.6) is 0 Å². The van der Waals surface area contributed by atoms with Crippen molar-refractivity contribution in [2.24, 2.45) is 16.3 Å². The molecule has 0 amide bonds. The van der Waals surface area contributed by atoms with Gasteiger partial charge in [0.05, 0.1) is 0 Å². The quantitative estimate of drug-likeness (QED) is 0.234. The molecule has 1 aromatic rings. The van der Waals surface area contributed by atoms with E-state index in [4.69, 9.17) is 4.99 Å². The highest BCUT2D eigenvalue weighted by Crippen LogP contribution is 2.36. The molecule has 1 aliphatic rings. The van der Waals surface area contributed by atoms with Crippen LogP contribution in [0.15, 0.2) is 22.5 Å². The Morgan fingerprint density at radius 2 is 2.07 bits per heavy atom. The molecule has 5 nitrogen and oxygen atoms in total. The minimum atomic E-state index is 0. The molecule has 1 aliphatic heterocycles. The Labute approximate surface area is 198 Å². The van der Waals surface area contributed by atoms with Gasteiger partial charge in [0.15, 0.2) is 5.96 Å². The largest absolute Gasteiger partial charge is 0.396 e. The van der Waals surface area contributed by atoms with Crippen molar-refractivity contribution in [2.75, 3.05) is 39.8 Å². The van der Waals surface area contributed by atoms with Gasteiger partial charge < -0.3 is 15.7 Å². The molecule has 0 saturated carbocycles. The van der Waals surface area contributed by atoms with Crippen LogP contribution in [0.2, 0.25) is 0 Å². The zero-order valence-corrected chi connectivity index (χ0v) is 21.8. The summed E-state index contributed by atoms with van der Waals surface area (Å²) in [5.74, 6) is 1.49. The number of aliphatic imine (C=N–C) groups is 1. The number of rotatable bonds is 10. The molecule has 0 bridgehead atoms. The van der Waals surface area contributed by atoms with E-state index in [1.54, 1.807) is 0 Å². The molecule has 2 rings (SSSR count). The van der Waals surface area contributed by atoms with Gasteiger partial charge in [-0.2, -0.15) is 0 Å². The number of guanidine groups is 1. The molecule has 1 aromatic heterocycles. The molecule has 0 radical (unpaired) electrons. The van der Waals surface area contributed by atoms with Crippen molar-refractivity contribution in [1.29, 1.82) is 0 Å². The molecular weight excluding hydrogens is 495 g/mol. The molecule has 7 heteroatoms. The van der Waals surface area contributed by atoms with Gasteiger partial charge in [0.25, 0.3) is 0 Å². The number of thiophene rings is 1. The predicted octanol–water partition coefficient (Wildman–Crippen LogP) is 4.49. The van der Waals surface area contributed by atoms with Crippen molar-refractivity contribution in [3.05, 3.63) is 22.4 Å². The normalized spacial score (nSPS) is 20.9. The van der Waals surface area contributed by atoms with Gasteiger partial charge in [0.2, 0.25) is 0 Å². The summed E-state index contributed by atoms with van der Waals surface area (Å²) in [5, 5.41) is 18.7. The monoisotopic (exact) mass is 536 g/mol. The molecule has 29 heavy (non-hydrogen) atoms. The molecule has 2 atom stereocenters. The lowest BCUT2D eigenvalue weighted by Crippen LogP contribution is -2.45. The third kappa shape index (κ3) is 7.67. The highest BCUT2D eigenvalue weighted by molar-refractivity contribution is 14.0.